The van der Waals surface area contributed by atoms with E-state index < -0.39 is 10.0 Å². The van der Waals surface area contributed by atoms with Crippen molar-refractivity contribution in [2.75, 3.05) is 32.8 Å². The summed E-state index contributed by atoms with van der Waals surface area (Å²) in [5, 5.41) is 5.93. The van der Waals surface area contributed by atoms with E-state index >= 15 is 0 Å². The van der Waals surface area contributed by atoms with Crippen LogP contribution < -0.4 is 4.74 Å². The number of carbonyl (C=O) groups excluding carboxylic acids is 1. The molecule has 1 aliphatic rings. The van der Waals surface area contributed by atoms with Crippen molar-refractivity contribution in [3.05, 3.63) is 47.7 Å². The van der Waals surface area contributed by atoms with Crippen molar-refractivity contribution in [1.29, 1.82) is 0 Å². The molecule has 1 aromatic carbocycles. The van der Waals surface area contributed by atoms with Crippen molar-refractivity contribution in [1.82, 2.24) is 19.3 Å². The molecule has 0 saturated carbocycles. The first kappa shape index (κ1) is 23.4. The van der Waals surface area contributed by atoms with E-state index in [4.69, 9.17) is 9.26 Å². The number of nitrogens with zero attached hydrogens (tertiary/aromatic N) is 4. The Morgan fingerprint density at radius 1 is 1.15 bits per heavy atom. The Balaban J connectivity index is 1.24. The van der Waals surface area contributed by atoms with Gasteiger partial charge in [0, 0.05) is 39.0 Å². The Hall–Kier alpha value is -2.76. The van der Waals surface area contributed by atoms with Crippen LogP contribution in [0.15, 0.2) is 51.2 Å². The van der Waals surface area contributed by atoms with Crippen LogP contribution in [-0.4, -0.2) is 66.5 Å². The number of benzene rings is 1. The van der Waals surface area contributed by atoms with E-state index in [1.807, 2.05) is 24.4 Å². The van der Waals surface area contributed by atoms with Gasteiger partial charge in [0.25, 0.3) is 0 Å². The minimum absolute atomic E-state index is 0.00566. The first-order chi connectivity index (χ1) is 16.0. The lowest BCUT2D eigenvalue weighted by Gasteiger charge is -2.34. The number of hydrogen-bond acceptors (Lipinski definition) is 8. The highest BCUT2D eigenvalue weighted by Crippen LogP contribution is 2.23. The predicted molar refractivity (Wildman–Crippen MR) is 123 cm³/mol. The summed E-state index contributed by atoms with van der Waals surface area (Å²) in [4.78, 5) is 19.8. The fourth-order valence-corrected chi connectivity index (χ4v) is 5.68. The summed E-state index contributed by atoms with van der Waals surface area (Å²) >= 11 is 1.54. The Morgan fingerprint density at radius 2 is 1.91 bits per heavy atom. The zero-order chi connectivity index (χ0) is 23.3. The number of sulfonamides is 1. The minimum Gasteiger partial charge on any atom is -0.494 e. The molecule has 1 fully saturated rings. The molecule has 11 heteroatoms. The highest BCUT2D eigenvalue weighted by atomic mass is 32.2. The number of carbonyl (C=O) groups is 1. The van der Waals surface area contributed by atoms with Gasteiger partial charge in [-0.2, -0.15) is 9.29 Å². The van der Waals surface area contributed by atoms with Crippen molar-refractivity contribution in [3.63, 3.8) is 0 Å². The van der Waals surface area contributed by atoms with Crippen molar-refractivity contribution in [2.24, 2.45) is 0 Å². The molecule has 1 aliphatic heterocycles. The summed E-state index contributed by atoms with van der Waals surface area (Å²) in [5.41, 5.74) is 0. The van der Waals surface area contributed by atoms with Gasteiger partial charge in [0.2, 0.25) is 27.6 Å². The number of thiophene rings is 1. The monoisotopic (exact) mass is 490 g/mol. The van der Waals surface area contributed by atoms with Crippen LogP contribution in [0.5, 0.6) is 5.75 Å². The average Bonchev–Trinajstić information content (AvgIpc) is 3.52. The zero-order valence-corrected chi connectivity index (χ0v) is 20.0. The molecule has 3 aromatic rings. The van der Waals surface area contributed by atoms with Gasteiger partial charge in [-0.3, -0.25) is 4.79 Å². The lowest BCUT2D eigenvalue weighted by Crippen LogP contribution is -2.50. The highest BCUT2D eigenvalue weighted by molar-refractivity contribution is 7.89. The van der Waals surface area contributed by atoms with Crippen LogP contribution in [0.4, 0.5) is 0 Å². The molecule has 0 bridgehead atoms. The standard InChI is InChI=1S/C22H26N4O5S2/c1-2-30-17-8-10-18(11-9-17)33(28,29)26-14-12-25(13-15-26)21(27)7-3-6-20-23-22(24-31-20)19-5-4-16-32-19/h4-5,8-11,16H,2-3,6-7,12-15H2,1H3. The first-order valence-electron chi connectivity index (χ1n) is 10.8. The summed E-state index contributed by atoms with van der Waals surface area (Å²) in [6, 6.07) is 10.3. The van der Waals surface area contributed by atoms with Crippen LogP contribution in [0.25, 0.3) is 10.7 Å². The van der Waals surface area contributed by atoms with Gasteiger partial charge in [0.15, 0.2) is 0 Å². The van der Waals surface area contributed by atoms with E-state index in [0.29, 0.717) is 56.4 Å². The fraction of sp³-hybridized carbons (Fsp3) is 0.409. The lowest BCUT2D eigenvalue weighted by atomic mass is 10.2. The Morgan fingerprint density at radius 3 is 2.58 bits per heavy atom. The number of ether oxygens (including phenoxy) is 1. The van der Waals surface area contributed by atoms with Crippen LogP contribution in [0.2, 0.25) is 0 Å². The largest absolute Gasteiger partial charge is 0.494 e. The molecule has 9 nitrogen and oxygen atoms in total. The average molecular weight is 491 g/mol. The SMILES string of the molecule is CCOc1ccc(S(=O)(=O)N2CCN(C(=O)CCCc3nc(-c4cccs4)no3)CC2)cc1. The zero-order valence-electron chi connectivity index (χ0n) is 18.3. The normalized spacial score (nSPS) is 15.0. The number of piperazine rings is 1. The molecule has 0 radical (unpaired) electrons. The number of amides is 1. The Bertz CT molecular complexity index is 1150. The van der Waals surface area contributed by atoms with E-state index in [2.05, 4.69) is 10.1 Å². The maximum absolute atomic E-state index is 12.9. The Labute approximate surface area is 197 Å². The molecule has 0 aliphatic carbocycles. The summed E-state index contributed by atoms with van der Waals surface area (Å²) in [5.74, 6) is 1.72. The van der Waals surface area contributed by atoms with Crippen LogP contribution in [-0.2, 0) is 21.2 Å². The van der Waals surface area contributed by atoms with Crippen LogP contribution in [0.3, 0.4) is 0 Å². The quantitative estimate of drug-likeness (QED) is 0.454. The van der Waals surface area contributed by atoms with Crippen LogP contribution in [0, 0.1) is 0 Å². The minimum atomic E-state index is -3.60. The van der Waals surface area contributed by atoms with E-state index in [1.165, 1.54) is 4.31 Å². The summed E-state index contributed by atoms with van der Waals surface area (Å²) in [6.07, 6.45) is 1.47. The molecule has 0 N–H and O–H groups in total. The van der Waals surface area contributed by atoms with Gasteiger partial charge >= 0.3 is 0 Å². The molecule has 1 saturated heterocycles. The van der Waals surface area contributed by atoms with Gasteiger partial charge in [0.05, 0.1) is 16.4 Å². The smallest absolute Gasteiger partial charge is 0.243 e. The van der Waals surface area contributed by atoms with Gasteiger partial charge in [-0.15, -0.1) is 11.3 Å². The van der Waals surface area contributed by atoms with Crippen LogP contribution in [0.1, 0.15) is 25.7 Å². The number of aryl methyl sites for hydroxylation is 1. The third-order valence-corrected chi connectivity index (χ3v) is 8.13. The summed E-state index contributed by atoms with van der Waals surface area (Å²) in [6.45, 7) is 3.69. The number of aromatic nitrogens is 2. The van der Waals surface area contributed by atoms with Gasteiger partial charge < -0.3 is 14.2 Å². The molecule has 176 valence electrons. The van der Waals surface area contributed by atoms with Crippen molar-refractivity contribution in [2.45, 2.75) is 31.1 Å². The third kappa shape index (κ3) is 5.60. The van der Waals surface area contributed by atoms with Crippen molar-refractivity contribution < 1.29 is 22.5 Å². The first-order valence-corrected chi connectivity index (χ1v) is 13.2. The lowest BCUT2D eigenvalue weighted by molar-refractivity contribution is -0.132. The molecule has 3 heterocycles. The van der Waals surface area contributed by atoms with Gasteiger partial charge in [-0.05, 0) is 49.1 Å². The molecule has 0 atom stereocenters. The van der Waals surface area contributed by atoms with E-state index in [1.54, 1.807) is 40.5 Å². The second-order valence-corrected chi connectivity index (χ2v) is 10.4. The maximum atomic E-state index is 12.9. The molecule has 4 rings (SSSR count). The van der Waals surface area contributed by atoms with Gasteiger partial charge in [-0.1, -0.05) is 11.2 Å². The van der Waals surface area contributed by atoms with E-state index in [0.717, 1.165) is 4.88 Å². The molecule has 33 heavy (non-hydrogen) atoms. The third-order valence-electron chi connectivity index (χ3n) is 5.35. The molecule has 1 amide bonds. The topological polar surface area (TPSA) is 106 Å². The molecule has 0 spiro atoms. The van der Waals surface area contributed by atoms with E-state index in [9.17, 15) is 13.2 Å². The van der Waals surface area contributed by atoms with Gasteiger partial charge in [-0.25, -0.2) is 8.42 Å². The highest BCUT2D eigenvalue weighted by Gasteiger charge is 2.30. The second kappa shape index (κ2) is 10.4. The summed E-state index contributed by atoms with van der Waals surface area (Å²) < 4.78 is 37.9. The van der Waals surface area contributed by atoms with Crippen molar-refractivity contribution in [3.8, 4) is 16.5 Å². The second-order valence-electron chi connectivity index (χ2n) is 7.53. The molecule has 0 unspecified atom stereocenters. The molecular formula is C22H26N4O5S2. The summed E-state index contributed by atoms with van der Waals surface area (Å²) in [7, 11) is -3.60. The fourth-order valence-electron chi connectivity index (χ4n) is 3.61. The van der Waals surface area contributed by atoms with Crippen LogP contribution >= 0.6 is 11.3 Å². The van der Waals surface area contributed by atoms with E-state index in [-0.39, 0.29) is 23.9 Å². The Kier molecular flexibility index (Phi) is 7.41. The predicted octanol–water partition coefficient (Wildman–Crippen LogP) is 3.05. The van der Waals surface area contributed by atoms with Crippen molar-refractivity contribution >= 4 is 27.3 Å². The van der Waals surface area contributed by atoms with Gasteiger partial charge in [0.1, 0.15) is 5.75 Å². The molecule has 2 aromatic heterocycles. The number of hydrogen-bond donors (Lipinski definition) is 0. The number of rotatable bonds is 9. The molecular weight excluding hydrogens is 464 g/mol. The maximum Gasteiger partial charge on any atom is 0.243 e.